The van der Waals surface area contributed by atoms with Gasteiger partial charge in [0.15, 0.2) is 0 Å². The smallest absolute Gasteiger partial charge is 0.143 e. The number of allylic oxidation sites excluding steroid dienone is 2. The summed E-state index contributed by atoms with van der Waals surface area (Å²) in [6, 6.07) is 39.8. The fourth-order valence-electron chi connectivity index (χ4n) is 8.33. The number of rotatable bonds is 3. The van der Waals surface area contributed by atoms with Crippen LogP contribution in [-0.2, 0) is 6.42 Å². The summed E-state index contributed by atoms with van der Waals surface area (Å²) in [4.78, 5) is 0. The Morgan fingerprint density at radius 3 is 2.40 bits per heavy atom. The monoisotopic (exact) mass is 606 g/mol. The summed E-state index contributed by atoms with van der Waals surface area (Å²) in [6.07, 6.45) is 11.4. The van der Waals surface area contributed by atoms with Crippen LogP contribution in [0.15, 0.2) is 126 Å². The van der Waals surface area contributed by atoms with Crippen LogP contribution in [0.2, 0.25) is 0 Å². The van der Waals surface area contributed by atoms with Gasteiger partial charge >= 0.3 is 0 Å². The lowest BCUT2D eigenvalue weighted by atomic mass is 9.91. The highest BCUT2D eigenvalue weighted by Crippen LogP contribution is 2.43. The number of hydrogen-bond acceptors (Lipinski definition) is 1. The molecule has 0 saturated heterocycles. The quantitative estimate of drug-likeness (QED) is 0.196. The van der Waals surface area contributed by atoms with Crippen molar-refractivity contribution in [1.82, 2.24) is 9.13 Å². The van der Waals surface area contributed by atoms with Gasteiger partial charge in [-0.1, -0.05) is 92.7 Å². The summed E-state index contributed by atoms with van der Waals surface area (Å²) in [5.41, 5.74) is 14.5. The minimum atomic E-state index is 0.494. The summed E-state index contributed by atoms with van der Waals surface area (Å²) < 4.78 is 11.6. The van der Waals surface area contributed by atoms with E-state index in [0.717, 1.165) is 46.0 Å². The van der Waals surface area contributed by atoms with E-state index in [4.69, 9.17) is 4.42 Å². The first-order chi connectivity index (χ1) is 23.1. The molecule has 47 heavy (non-hydrogen) atoms. The Labute approximate surface area is 273 Å². The highest BCUT2D eigenvalue weighted by Gasteiger charge is 2.24. The van der Waals surface area contributed by atoms with E-state index >= 15 is 0 Å². The molecule has 8 aromatic rings. The lowest BCUT2D eigenvalue weighted by Gasteiger charge is -2.17. The van der Waals surface area contributed by atoms with Gasteiger partial charge in [0.2, 0.25) is 0 Å². The standard InChI is InChI=1S/C44H34N2O/c1-27-18-21-33-36-25-29(19-22-39(36)45(41(33)24-27)30-11-4-3-5-12-30)32-14-9-15-34-37-26-31(20-23-42(37)47-44(32)34)46-38-16-7-6-13-35(38)43-28(2)10-8-17-40(43)46/h3-9,11-23,25-28H,10,24H2,1-2H3. The van der Waals surface area contributed by atoms with Gasteiger partial charge in [0, 0.05) is 55.4 Å². The van der Waals surface area contributed by atoms with E-state index in [-0.39, 0.29) is 0 Å². The van der Waals surface area contributed by atoms with Gasteiger partial charge < -0.3 is 13.6 Å². The van der Waals surface area contributed by atoms with Crippen LogP contribution in [0, 0.1) is 5.92 Å². The summed E-state index contributed by atoms with van der Waals surface area (Å²) in [7, 11) is 0. The molecule has 0 radical (unpaired) electrons. The molecule has 5 aromatic carbocycles. The molecule has 226 valence electrons. The van der Waals surface area contributed by atoms with Crippen molar-refractivity contribution in [2.24, 2.45) is 5.92 Å². The van der Waals surface area contributed by atoms with E-state index in [2.05, 4.69) is 156 Å². The van der Waals surface area contributed by atoms with Crippen LogP contribution in [-0.4, -0.2) is 9.13 Å². The minimum Gasteiger partial charge on any atom is -0.455 e. The fourth-order valence-corrected chi connectivity index (χ4v) is 8.33. The molecule has 3 heteroatoms. The molecule has 0 amide bonds. The molecule has 3 aromatic heterocycles. The zero-order chi connectivity index (χ0) is 31.2. The van der Waals surface area contributed by atoms with E-state index < -0.39 is 0 Å². The van der Waals surface area contributed by atoms with Crippen molar-refractivity contribution in [2.75, 3.05) is 0 Å². The predicted octanol–water partition coefficient (Wildman–Crippen LogP) is 11.9. The van der Waals surface area contributed by atoms with Crippen LogP contribution in [0.1, 0.15) is 48.7 Å². The van der Waals surface area contributed by atoms with Gasteiger partial charge in [0.1, 0.15) is 11.2 Å². The highest BCUT2D eigenvalue weighted by molar-refractivity contribution is 6.11. The SMILES string of the molecule is CC1C=Cc2c(n(-c3ccccc3)c3ccc(-c4cccc5c4oc4ccc(-n6c7c(c8ccccc86)C(C)CC=C7)cc45)cc23)C1. The zero-order valence-electron chi connectivity index (χ0n) is 26.6. The van der Waals surface area contributed by atoms with Crippen molar-refractivity contribution in [3.05, 3.63) is 144 Å². The van der Waals surface area contributed by atoms with Gasteiger partial charge in [0.25, 0.3) is 0 Å². The first-order valence-electron chi connectivity index (χ1n) is 16.8. The Balaban J connectivity index is 1.16. The summed E-state index contributed by atoms with van der Waals surface area (Å²) in [5, 5.41) is 4.92. The van der Waals surface area contributed by atoms with Crippen molar-refractivity contribution < 1.29 is 4.42 Å². The van der Waals surface area contributed by atoms with Gasteiger partial charge in [-0.25, -0.2) is 0 Å². The molecule has 10 rings (SSSR count). The van der Waals surface area contributed by atoms with E-state index in [1.54, 1.807) is 0 Å². The maximum Gasteiger partial charge on any atom is 0.143 e. The lowest BCUT2D eigenvalue weighted by molar-refractivity contribution is 0.670. The molecule has 3 nitrogen and oxygen atoms in total. The Morgan fingerprint density at radius 2 is 1.49 bits per heavy atom. The van der Waals surface area contributed by atoms with E-state index in [1.807, 2.05) is 0 Å². The number of hydrogen-bond donors (Lipinski definition) is 0. The second-order valence-corrected chi connectivity index (χ2v) is 13.5. The second kappa shape index (κ2) is 9.98. The number of para-hydroxylation sites is 3. The van der Waals surface area contributed by atoms with Crippen LogP contribution >= 0.6 is 0 Å². The van der Waals surface area contributed by atoms with Gasteiger partial charge in [-0.3, -0.25) is 0 Å². The summed E-state index contributed by atoms with van der Waals surface area (Å²) in [6.45, 7) is 4.64. The fraction of sp³-hybridized carbons (Fsp3) is 0.136. The van der Waals surface area contributed by atoms with E-state index in [9.17, 15) is 0 Å². The minimum absolute atomic E-state index is 0.494. The third kappa shape index (κ3) is 3.86. The second-order valence-electron chi connectivity index (χ2n) is 13.5. The lowest BCUT2D eigenvalue weighted by Crippen LogP contribution is -2.08. The van der Waals surface area contributed by atoms with Crippen LogP contribution in [0.25, 0.3) is 78.4 Å². The molecular formula is C44H34N2O. The zero-order valence-corrected chi connectivity index (χ0v) is 26.6. The molecule has 3 heterocycles. The van der Waals surface area contributed by atoms with Gasteiger partial charge in [-0.2, -0.15) is 0 Å². The Bertz CT molecular complexity index is 2610. The highest BCUT2D eigenvalue weighted by atomic mass is 16.3. The van der Waals surface area contributed by atoms with Crippen LogP contribution in [0.5, 0.6) is 0 Å². The first-order valence-corrected chi connectivity index (χ1v) is 16.8. The van der Waals surface area contributed by atoms with Gasteiger partial charge in [0.05, 0.1) is 11.0 Å². The number of furan rings is 1. The van der Waals surface area contributed by atoms with Crippen LogP contribution in [0.4, 0.5) is 0 Å². The number of benzene rings is 5. The molecule has 0 fully saturated rings. The predicted molar refractivity (Wildman–Crippen MR) is 197 cm³/mol. The third-order valence-corrected chi connectivity index (χ3v) is 10.5. The topological polar surface area (TPSA) is 23.0 Å². The molecular weight excluding hydrogens is 572 g/mol. The molecule has 0 spiro atoms. The Morgan fingerprint density at radius 1 is 0.660 bits per heavy atom. The maximum absolute atomic E-state index is 6.70. The van der Waals surface area contributed by atoms with E-state index in [0.29, 0.717) is 11.8 Å². The Hall–Kier alpha value is -5.54. The van der Waals surface area contributed by atoms with Crippen molar-refractivity contribution in [3.63, 3.8) is 0 Å². The van der Waals surface area contributed by atoms with Crippen molar-refractivity contribution >= 4 is 55.9 Å². The van der Waals surface area contributed by atoms with Gasteiger partial charge in [-0.15, -0.1) is 0 Å². The van der Waals surface area contributed by atoms with Crippen molar-refractivity contribution in [1.29, 1.82) is 0 Å². The van der Waals surface area contributed by atoms with Crippen LogP contribution < -0.4 is 0 Å². The van der Waals surface area contributed by atoms with E-state index in [1.165, 1.54) is 55.6 Å². The molecule has 2 aliphatic carbocycles. The molecule has 2 aliphatic rings. The summed E-state index contributed by atoms with van der Waals surface area (Å²) >= 11 is 0. The summed E-state index contributed by atoms with van der Waals surface area (Å²) in [5.74, 6) is 1.01. The van der Waals surface area contributed by atoms with Crippen molar-refractivity contribution in [2.45, 2.75) is 32.6 Å². The molecule has 2 atom stereocenters. The largest absolute Gasteiger partial charge is 0.455 e. The average molecular weight is 607 g/mol. The Kier molecular flexibility index (Phi) is 5.66. The number of nitrogens with zero attached hydrogens (tertiary/aromatic N) is 2. The first kappa shape index (κ1) is 26.7. The maximum atomic E-state index is 6.70. The molecule has 2 unspecified atom stereocenters. The molecule has 0 N–H and O–H groups in total. The van der Waals surface area contributed by atoms with Crippen LogP contribution in [0.3, 0.4) is 0 Å². The average Bonchev–Trinajstić information content (AvgIpc) is 3.76. The number of fused-ring (bicyclic) bond motifs is 9. The number of aromatic nitrogens is 2. The normalized spacial score (nSPS) is 17.2. The van der Waals surface area contributed by atoms with Gasteiger partial charge in [-0.05, 0) is 90.4 Å². The molecule has 0 aliphatic heterocycles. The molecule has 0 bridgehead atoms. The van der Waals surface area contributed by atoms with Crippen molar-refractivity contribution in [3.8, 4) is 22.5 Å². The molecule has 0 saturated carbocycles. The third-order valence-electron chi connectivity index (χ3n) is 10.5.